The first-order chi connectivity index (χ1) is 8.16. The molecule has 1 aromatic carbocycles. The number of benzene rings is 1. The van der Waals surface area contributed by atoms with Crippen LogP contribution in [-0.2, 0) is 4.74 Å². The monoisotopic (exact) mass is 240 g/mol. The van der Waals surface area contributed by atoms with Crippen LogP contribution in [0.15, 0.2) is 18.2 Å². The Bertz CT molecular complexity index is 413. The Labute approximate surface area is 98.0 Å². The Morgan fingerprint density at radius 3 is 3.00 bits per heavy atom. The van der Waals surface area contributed by atoms with Crippen LogP contribution in [0.4, 0.5) is 4.39 Å². The predicted octanol–water partition coefficient (Wildman–Crippen LogP) is 1.94. The number of carbonyl (C=O) groups is 1. The highest BCUT2D eigenvalue weighted by atomic mass is 19.1. The minimum absolute atomic E-state index is 0.0842. The van der Waals surface area contributed by atoms with E-state index in [0.717, 1.165) is 12.5 Å². The summed E-state index contributed by atoms with van der Waals surface area (Å²) in [6, 6.07) is 3.63. The Kier molecular flexibility index (Phi) is 3.58. The smallest absolute Gasteiger partial charge is 0.335 e. The summed E-state index contributed by atoms with van der Waals surface area (Å²) in [7, 11) is 0. The van der Waals surface area contributed by atoms with Gasteiger partial charge in [-0.15, -0.1) is 0 Å². The van der Waals surface area contributed by atoms with Gasteiger partial charge in [0.1, 0.15) is 0 Å². The molecule has 1 unspecified atom stereocenters. The zero-order chi connectivity index (χ0) is 12.3. The van der Waals surface area contributed by atoms with E-state index >= 15 is 0 Å². The molecule has 0 radical (unpaired) electrons. The minimum atomic E-state index is -1.15. The molecule has 1 heterocycles. The zero-order valence-electron chi connectivity index (χ0n) is 9.19. The van der Waals surface area contributed by atoms with Crippen molar-refractivity contribution in [3.8, 4) is 5.75 Å². The van der Waals surface area contributed by atoms with E-state index in [1.807, 2.05) is 0 Å². The maximum Gasteiger partial charge on any atom is 0.335 e. The number of aromatic carboxylic acids is 1. The maximum absolute atomic E-state index is 13.5. The molecule has 0 aromatic heterocycles. The highest BCUT2D eigenvalue weighted by molar-refractivity contribution is 5.87. The van der Waals surface area contributed by atoms with Crippen molar-refractivity contribution in [2.24, 2.45) is 5.92 Å². The zero-order valence-corrected chi connectivity index (χ0v) is 9.19. The van der Waals surface area contributed by atoms with Gasteiger partial charge in [-0.3, -0.25) is 0 Å². The first-order valence-electron chi connectivity index (χ1n) is 5.40. The molecule has 1 fully saturated rings. The summed E-state index contributed by atoms with van der Waals surface area (Å²) >= 11 is 0. The lowest BCUT2D eigenvalue weighted by molar-refractivity contribution is 0.0696. The third kappa shape index (κ3) is 2.94. The average molecular weight is 240 g/mol. The van der Waals surface area contributed by atoms with Gasteiger partial charge in [-0.05, 0) is 24.6 Å². The highest BCUT2D eigenvalue weighted by Gasteiger charge is 2.17. The Morgan fingerprint density at radius 2 is 2.41 bits per heavy atom. The maximum atomic E-state index is 13.5. The van der Waals surface area contributed by atoms with E-state index < -0.39 is 11.8 Å². The van der Waals surface area contributed by atoms with Gasteiger partial charge in [0.05, 0.1) is 18.8 Å². The molecule has 1 aliphatic rings. The molecular formula is C12H13FO4. The molecule has 0 bridgehead atoms. The second-order valence-electron chi connectivity index (χ2n) is 3.99. The lowest BCUT2D eigenvalue weighted by Gasteiger charge is -2.11. The molecule has 4 nitrogen and oxygen atoms in total. The standard InChI is InChI=1S/C12H13FO4/c13-10-5-9(12(14)15)1-2-11(10)17-7-8-3-4-16-6-8/h1-2,5,8H,3-4,6-7H2,(H,14,15). The van der Waals surface area contributed by atoms with E-state index in [0.29, 0.717) is 19.8 Å². The third-order valence-corrected chi connectivity index (χ3v) is 2.68. The number of carboxylic acid groups (broad SMARTS) is 1. The van der Waals surface area contributed by atoms with Gasteiger partial charge >= 0.3 is 5.97 Å². The van der Waals surface area contributed by atoms with Crippen molar-refractivity contribution < 1.29 is 23.8 Å². The van der Waals surface area contributed by atoms with Gasteiger partial charge < -0.3 is 14.6 Å². The summed E-state index contributed by atoms with van der Waals surface area (Å²) in [6.07, 6.45) is 0.912. The van der Waals surface area contributed by atoms with Crippen molar-refractivity contribution >= 4 is 5.97 Å². The first-order valence-corrected chi connectivity index (χ1v) is 5.40. The molecule has 1 aromatic rings. The van der Waals surface area contributed by atoms with Crippen LogP contribution >= 0.6 is 0 Å². The Hall–Kier alpha value is -1.62. The van der Waals surface area contributed by atoms with Crippen molar-refractivity contribution in [3.05, 3.63) is 29.6 Å². The van der Waals surface area contributed by atoms with Gasteiger partial charge in [-0.1, -0.05) is 0 Å². The summed E-state index contributed by atoms with van der Waals surface area (Å²) in [6.45, 7) is 1.74. The summed E-state index contributed by atoms with van der Waals surface area (Å²) < 4.78 is 23.9. The summed E-state index contributed by atoms with van der Waals surface area (Å²) in [4.78, 5) is 10.6. The predicted molar refractivity (Wildman–Crippen MR) is 57.8 cm³/mol. The molecule has 17 heavy (non-hydrogen) atoms. The van der Waals surface area contributed by atoms with Crippen LogP contribution in [-0.4, -0.2) is 30.9 Å². The Morgan fingerprint density at radius 1 is 1.59 bits per heavy atom. The molecule has 1 atom stereocenters. The molecule has 0 amide bonds. The molecule has 0 aliphatic carbocycles. The second kappa shape index (κ2) is 5.14. The van der Waals surface area contributed by atoms with E-state index in [1.54, 1.807) is 0 Å². The Balaban J connectivity index is 1.98. The van der Waals surface area contributed by atoms with E-state index in [2.05, 4.69) is 0 Å². The van der Waals surface area contributed by atoms with Crippen molar-refractivity contribution in [1.82, 2.24) is 0 Å². The molecule has 0 saturated carbocycles. The largest absolute Gasteiger partial charge is 0.490 e. The van der Waals surface area contributed by atoms with Crippen LogP contribution in [0.2, 0.25) is 0 Å². The second-order valence-corrected chi connectivity index (χ2v) is 3.99. The van der Waals surface area contributed by atoms with Gasteiger partial charge in [0.15, 0.2) is 11.6 Å². The fourth-order valence-electron chi connectivity index (χ4n) is 1.67. The fraction of sp³-hybridized carbons (Fsp3) is 0.417. The average Bonchev–Trinajstić information content (AvgIpc) is 2.80. The molecule has 1 N–H and O–H groups in total. The molecule has 2 rings (SSSR count). The number of carboxylic acids is 1. The van der Waals surface area contributed by atoms with E-state index in [1.165, 1.54) is 12.1 Å². The fourth-order valence-corrected chi connectivity index (χ4v) is 1.67. The lowest BCUT2D eigenvalue weighted by atomic mass is 10.1. The third-order valence-electron chi connectivity index (χ3n) is 2.68. The molecule has 1 saturated heterocycles. The molecular weight excluding hydrogens is 227 g/mol. The van der Waals surface area contributed by atoms with E-state index in [4.69, 9.17) is 14.6 Å². The minimum Gasteiger partial charge on any atom is -0.490 e. The van der Waals surface area contributed by atoms with E-state index in [-0.39, 0.29) is 17.2 Å². The SMILES string of the molecule is O=C(O)c1ccc(OCC2CCOC2)c(F)c1. The number of hydrogen-bond acceptors (Lipinski definition) is 3. The van der Waals surface area contributed by atoms with Crippen LogP contribution in [0.25, 0.3) is 0 Å². The summed E-state index contributed by atoms with van der Waals surface area (Å²) in [5, 5.41) is 8.68. The molecule has 92 valence electrons. The van der Waals surface area contributed by atoms with Crippen molar-refractivity contribution in [2.75, 3.05) is 19.8 Å². The number of ether oxygens (including phenoxy) is 2. The quantitative estimate of drug-likeness (QED) is 0.873. The normalized spacial score (nSPS) is 19.2. The van der Waals surface area contributed by atoms with Crippen LogP contribution in [0.1, 0.15) is 16.8 Å². The van der Waals surface area contributed by atoms with Crippen LogP contribution in [0, 0.1) is 11.7 Å². The van der Waals surface area contributed by atoms with Gasteiger partial charge in [-0.2, -0.15) is 0 Å². The highest BCUT2D eigenvalue weighted by Crippen LogP contribution is 2.21. The number of hydrogen-bond donors (Lipinski definition) is 1. The number of rotatable bonds is 4. The van der Waals surface area contributed by atoms with Gasteiger partial charge in [0, 0.05) is 12.5 Å². The summed E-state index contributed by atoms with van der Waals surface area (Å²) in [5.41, 5.74) is -0.0842. The van der Waals surface area contributed by atoms with Crippen LogP contribution in [0.5, 0.6) is 5.75 Å². The molecule has 1 aliphatic heterocycles. The van der Waals surface area contributed by atoms with Crippen LogP contribution < -0.4 is 4.74 Å². The summed E-state index contributed by atoms with van der Waals surface area (Å²) in [5.74, 6) is -1.43. The van der Waals surface area contributed by atoms with Crippen molar-refractivity contribution in [3.63, 3.8) is 0 Å². The topological polar surface area (TPSA) is 55.8 Å². The van der Waals surface area contributed by atoms with Gasteiger partial charge in [0.2, 0.25) is 0 Å². The molecule has 0 spiro atoms. The lowest BCUT2D eigenvalue weighted by Crippen LogP contribution is -2.12. The van der Waals surface area contributed by atoms with Gasteiger partial charge in [-0.25, -0.2) is 9.18 Å². The van der Waals surface area contributed by atoms with Gasteiger partial charge in [0.25, 0.3) is 0 Å². The molecule has 5 heteroatoms. The van der Waals surface area contributed by atoms with Crippen LogP contribution in [0.3, 0.4) is 0 Å². The van der Waals surface area contributed by atoms with Crippen molar-refractivity contribution in [2.45, 2.75) is 6.42 Å². The van der Waals surface area contributed by atoms with E-state index in [9.17, 15) is 9.18 Å². The number of halogens is 1. The van der Waals surface area contributed by atoms with Crippen molar-refractivity contribution in [1.29, 1.82) is 0 Å². The first kappa shape index (κ1) is 11.9.